The number of aromatic nitrogens is 1. The van der Waals surface area contributed by atoms with Gasteiger partial charge in [-0.2, -0.15) is 5.26 Å². The highest BCUT2D eigenvalue weighted by atomic mass is 32.2. The molecule has 0 radical (unpaired) electrons. The van der Waals surface area contributed by atoms with Crippen LogP contribution in [0.15, 0.2) is 23.2 Å². The molecule has 0 aromatic carbocycles. The van der Waals surface area contributed by atoms with Crippen molar-refractivity contribution in [2.24, 2.45) is 5.41 Å². The number of nitrogens with zero attached hydrogens (tertiary/aromatic N) is 2. The predicted octanol–water partition coefficient (Wildman–Crippen LogP) is 1.03. The average molecular weight is 297 g/mol. The van der Waals surface area contributed by atoms with Gasteiger partial charge < -0.3 is 5.11 Å². The van der Waals surface area contributed by atoms with E-state index in [1.54, 1.807) is 6.07 Å². The van der Waals surface area contributed by atoms with E-state index in [0.717, 1.165) is 0 Å². The first-order chi connectivity index (χ1) is 9.22. The normalized spacial score (nSPS) is 13.8. The monoisotopic (exact) mass is 297 g/mol. The van der Waals surface area contributed by atoms with E-state index in [9.17, 15) is 8.42 Å². The summed E-state index contributed by atoms with van der Waals surface area (Å²) in [5.41, 5.74) is -0.498. The molecule has 0 fully saturated rings. The zero-order valence-electron chi connectivity index (χ0n) is 11.8. The SMILES string of the molecule is CC(C)(C)C(CCO)NS(=O)(=O)c1cccnc1C#N. The van der Waals surface area contributed by atoms with Crippen LogP contribution in [0, 0.1) is 16.7 Å². The molecule has 0 aliphatic carbocycles. The van der Waals surface area contributed by atoms with Crippen LogP contribution in [0.1, 0.15) is 32.9 Å². The van der Waals surface area contributed by atoms with Crippen LogP contribution >= 0.6 is 0 Å². The van der Waals surface area contributed by atoms with Gasteiger partial charge in [0.1, 0.15) is 11.0 Å². The third-order valence-electron chi connectivity index (χ3n) is 2.93. The highest BCUT2D eigenvalue weighted by Crippen LogP contribution is 2.24. The number of hydrogen-bond donors (Lipinski definition) is 2. The average Bonchev–Trinajstić information content (AvgIpc) is 2.37. The van der Waals surface area contributed by atoms with Gasteiger partial charge >= 0.3 is 0 Å². The molecule has 0 spiro atoms. The fraction of sp³-hybridized carbons (Fsp3) is 0.538. The Hall–Kier alpha value is -1.49. The highest BCUT2D eigenvalue weighted by Gasteiger charge is 2.30. The first kappa shape index (κ1) is 16.6. The van der Waals surface area contributed by atoms with E-state index in [1.165, 1.54) is 18.3 Å². The van der Waals surface area contributed by atoms with Crippen molar-refractivity contribution in [3.05, 3.63) is 24.0 Å². The van der Waals surface area contributed by atoms with Gasteiger partial charge in [-0.15, -0.1) is 0 Å². The van der Waals surface area contributed by atoms with E-state index in [4.69, 9.17) is 10.4 Å². The van der Waals surface area contributed by atoms with Crippen molar-refractivity contribution in [3.8, 4) is 6.07 Å². The second-order valence-electron chi connectivity index (χ2n) is 5.51. The van der Waals surface area contributed by atoms with Gasteiger partial charge in [-0.1, -0.05) is 20.8 Å². The molecule has 7 heteroatoms. The molecule has 1 unspecified atom stereocenters. The molecule has 20 heavy (non-hydrogen) atoms. The first-order valence-electron chi connectivity index (χ1n) is 6.20. The smallest absolute Gasteiger partial charge is 0.243 e. The largest absolute Gasteiger partial charge is 0.396 e. The van der Waals surface area contributed by atoms with Crippen molar-refractivity contribution in [2.75, 3.05) is 6.61 Å². The van der Waals surface area contributed by atoms with Crippen LogP contribution in [0.4, 0.5) is 0 Å². The molecule has 1 aromatic heterocycles. The lowest BCUT2D eigenvalue weighted by molar-refractivity contribution is 0.214. The molecule has 1 rings (SSSR count). The van der Waals surface area contributed by atoms with Crippen molar-refractivity contribution in [3.63, 3.8) is 0 Å². The maximum atomic E-state index is 12.4. The number of aliphatic hydroxyl groups excluding tert-OH is 1. The summed E-state index contributed by atoms with van der Waals surface area (Å²) in [6.45, 7) is 5.52. The summed E-state index contributed by atoms with van der Waals surface area (Å²) >= 11 is 0. The molecular formula is C13H19N3O3S. The molecule has 0 aliphatic heterocycles. The molecule has 0 amide bonds. The summed E-state index contributed by atoms with van der Waals surface area (Å²) in [4.78, 5) is 3.61. The Kier molecular flexibility index (Phi) is 5.22. The van der Waals surface area contributed by atoms with Crippen LogP contribution in [0.5, 0.6) is 0 Å². The van der Waals surface area contributed by atoms with Crippen molar-refractivity contribution >= 4 is 10.0 Å². The number of hydrogen-bond acceptors (Lipinski definition) is 5. The van der Waals surface area contributed by atoms with Crippen molar-refractivity contribution in [2.45, 2.75) is 38.1 Å². The highest BCUT2D eigenvalue weighted by molar-refractivity contribution is 7.89. The molecule has 0 saturated heterocycles. The number of sulfonamides is 1. The van der Waals surface area contributed by atoms with E-state index in [1.807, 2.05) is 20.8 Å². The van der Waals surface area contributed by atoms with Crippen LogP contribution in [0.3, 0.4) is 0 Å². The second-order valence-corrected chi connectivity index (χ2v) is 7.20. The molecule has 1 aromatic rings. The van der Waals surface area contributed by atoms with Crippen LogP contribution in [0.25, 0.3) is 0 Å². The Morgan fingerprint density at radius 2 is 2.15 bits per heavy atom. The number of aliphatic hydroxyl groups is 1. The Morgan fingerprint density at radius 1 is 1.50 bits per heavy atom. The van der Waals surface area contributed by atoms with Gasteiger partial charge in [0.2, 0.25) is 10.0 Å². The molecule has 6 nitrogen and oxygen atoms in total. The second kappa shape index (κ2) is 6.31. The summed E-state index contributed by atoms with van der Waals surface area (Å²) in [5, 5.41) is 18.0. The number of pyridine rings is 1. The third-order valence-corrected chi connectivity index (χ3v) is 4.43. The Morgan fingerprint density at radius 3 is 2.65 bits per heavy atom. The van der Waals surface area contributed by atoms with Gasteiger partial charge in [-0.25, -0.2) is 18.1 Å². The van der Waals surface area contributed by atoms with Gasteiger partial charge in [0.05, 0.1) is 0 Å². The van der Waals surface area contributed by atoms with Crippen molar-refractivity contribution < 1.29 is 13.5 Å². The van der Waals surface area contributed by atoms with Gasteiger partial charge in [0, 0.05) is 18.8 Å². The topological polar surface area (TPSA) is 103 Å². The maximum Gasteiger partial charge on any atom is 0.243 e. The Bertz CT molecular complexity index is 600. The van der Waals surface area contributed by atoms with Crippen molar-refractivity contribution in [1.82, 2.24) is 9.71 Å². The number of nitriles is 1. The maximum absolute atomic E-state index is 12.4. The molecule has 2 N–H and O–H groups in total. The zero-order valence-corrected chi connectivity index (χ0v) is 12.6. The third kappa shape index (κ3) is 4.00. The van der Waals surface area contributed by atoms with Crippen LogP contribution in [-0.2, 0) is 10.0 Å². The van der Waals surface area contributed by atoms with E-state index < -0.39 is 16.1 Å². The summed E-state index contributed by atoms with van der Waals surface area (Å²) in [6.07, 6.45) is 1.66. The van der Waals surface area contributed by atoms with Gasteiger partial charge in [-0.3, -0.25) is 0 Å². The molecule has 1 atom stereocenters. The Balaban J connectivity index is 3.14. The standard InChI is InChI=1S/C13H19N3O3S/c1-13(2,3)12(6-8-17)16-20(18,19)11-5-4-7-15-10(11)9-14/h4-5,7,12,16-17H,6,8H2,1-3H3. The van der Waals surface area contributed by atoms with Crippen LogP contribution in [-0.4, -0.2) is 31.2 Å². The summed E-state index contributed by atoms with van der Waals surface area (Å²) in [7, 11) is -3.85. The molecule has 110 valence electrons. The van der Waals surface area contributed by atoms with Gasteiger partial charge in [-0.05, 0) is 24.0 Å². The minimum atomic E-state index is -3.85. The van der Waals surface area contributed by atoms with E-state index in [-0.39, 0.29) is 22.6 Å². The summed E-state index contributed by atoms with van der Waals surface area (Å²) in [6, 6.07) is 4.13. The quantitative estimate of drug-likeness (QED) is 0.845. The predicted molar refractivity (Wildman–Crippen MR) is 74.2 cm³/mol. The first-order valence-corrected chi connectivity index (χ1v) is 7.69. The lowest BCUT2D eigenvalue weighted by atomic mass is 9.86. The minimum Gasteiger partial charge on any atom is -0.396 e. The lowest BCUT2D eigenvalue weighted by Crippen LogP contribution is -2.44. The molecular weight excluding hydrogens is 278 g/mol. The van der Waals surface area contributed by atoms with Crippen LogP contribution < -0.4 is 4.72 Å². The van der Waals surface area contributed by atoms with Gasteiger partial charge in [0.25, 0.3) is 0 Å². The fourth-order valence-corrected chi connectivity index (χ4v) is 3.32. The summed E-state index contributed by atoms with van der Waals surface area (Å²) < 4.78 is 27.3. The number of rotatable bonds is 5. The zero-order chi connectivity index (χ0) is 15.4. The summed E-state index contributed by atoms with van der Waals surface area (Å²) in [5.74, 6) is 0. The Labute approximate surface area is 119 Å². The number of nitrogens with one attached hydrogen (secondary N) is 1. The lowest BCUT2D eigenvalue weighted by Gasteiger charge is -2.30. The molecule has 0 bridgehead atoms. The van der Waals surface area contributed by atoms with E-state index in [0.29, 0.717) is 6.42 Å². The van der Waals surface area contributed by atoms with Crippen LogP contribution in [0.2, 0.25) is 0 Å². The molecule has 0 saturated carbocycles. The van der Waals surface area contributed by atoms with E-state index in [2.05, 4.69) is 9.71 Å². The van der Waals surface area contributed by atoms with E-state index >= 15 is 0 Å². The molecule has 1 heterocycles. The molecule has 0 aliphatic rings. The van der Waals surface area contributed by atoms with Gasteiger partial charge in [0.15, 0.2) is 5.69 Å². The minimum absolute atomic E-state index is 0.122. The fourth-order valence-electron chi connectivity index (χ4n) is 1.74. The van der Waals surface area contributed by atoms with Crippen molar-refractivity contribution in [1.29, 1.82) is 5.26 Å².